The van der Waals surface area contributed by atoms with Crippen molar-refractivity contribution in [3.05, 3.63) is 11.9 Å². The molecule has 0 aromatic carbocycles. The lowest BCUT2D eigenvalue weighted by Gasteiger charge is -2.07. The fourth-order valence-electron chi connectivity index (χ4n) is 1.32. The van der Waals surface area contributed by atoms with Crippen LogP contribution in [0.25, 0.3) is 0 Å². The number of rotatable bonds is 1. The summed E-state index contributed by atoms with van der Waals surface area (Å²) in [6.07, 6.45) is 1.09. The molecule has 3 nitrogen and oxygen atoms in total. The SMILES string of the molecule is NC1CC(=CF)CC1C(=O)O. The van der Waals surface area contributed by atoms with Gasteiger partial charge in [-0.25, -0.2) is 4.39 Å². The van der Waals surface area contributed by atoms with E-state index in [1.807, 2.05) is 0 Å². The van der Waals surface area contributed by atoms with Crippen LogP contribution >= 0.6 is 0 Å². The Morgan fingerprint density at radius 3 is 2.64 bits per heavy atom. The predicted octanol–water partition coefficient (Wildman–Crippen LogP) is 0.662. The topological polar surface area (TPSA) is 63.3 Å². The van der Waals surface area contributed by atoms with E-state index in [2.05, 4.69) is 0 Å². The maximum absolute atomic E-state index is 11.9. The van der Waals surface area contributed by atoms with Gasteiger partial charge in [-0.2, -0.15) is 0 Å². The monoisotopic (exact) mass is 159 g/mol. The molecule has 1 rings (SSSR count). The third-order valence-electron chi connectivity index (χ3n) is 1.97. The Balaban J connectivity index is 2.66. The summed E-state index contributed by atoms with van der Waals surface area (Å²) in [6, 6.07) is -0.422. The Morgan fingerprint density at radius 2 is 2.36 bits per heavy atom. The number of carbonyl (C=O) groups is 1. The molecular weight excluding hydrogens is 149 g/mol. The Morgan fingerprint density at radius 1 is 1.73 bits per heavy atom. The summed E-state index contributed by atoms with van der Waals surface area (Å²) < 4.78 is 11.9. The van der Waals surface area contributed by atoms with E-state index in [4.69, 9.17) is 10.8 Å². The second-order valence-electron chi connectivity index (χ2n) is 2.78. The average Bonchev–Trinajstić information content (AvgIpc) is 2.30. The molecule has 1 fully saturated rings. The lowest BCUT2D eigenvalue weighted by molar-refractivity contribution is -0.141. The average molecular weight is 159 g/mol. The van der Waals surface area contributed by atoms with E-state index in [1.54, 1.807) is 0 Å². The van der Waals surface area contributed by atoms with E-state index in [0.29, 0.717) is 18.3 Å². The molecule has 1 aliphatic rings. The van der Waals surface area contributed by atoms with Gasteiger partial charge in [-0.1, -0.05) is 0 Å². The van der Waals surface area contributed by atoms with E-state index in [1.165, 1.54) is 0 Å². The lowest BCUT2D eigenvalue weighted by atomic mass is 10.1. The first-order chi connectivity index (χ1) is 5.15. The summed E-state index contributed by atoms with van der Waals surface area (Å²) in [6.45, 7) is 0. The Kier molecular flexibility index (Phi) is 2.24. The molecule has 1 saturated carbocycles. The van der Waals surface area contributed by atoms with Crippen molar-refractivity contribution in [2.75, 3.05) is 0 Å². The molecule has 2 unspecified atom stereocenters. The first kappa shape index (κ1) is 8.20. The summed E-state index contributed by atoms with van der Waals surface area (Å²) in [4.78, 5) is 10.4. The fraction of sp³-hybridized carbons (Fsp3) is 0.571. The molecule has 0 saturated heterocycles. The normalized spacial score (nSPS) is 34.5. The molecule has 2 atom stereocenters. The summed E-state index contributed by atoms with van der Waals surface area (Å²) in [7, 11) is 0. The molecule has 0 aliphatic heterocycles. The second-order valence-corrected chi connectivity index (χ2v) is 2.78. The second kappa shape index (κ2) is 3.00. The van der Waals surface area contributed by atoms with Crippen LogP contribution in [-0.4, -0.2) is 17.1 Å². The van der Waals surface area contributed by atoms with Gasteiger partial charge in [-0.05, 0) is 18.4 Å². The van der Waals surface area contributed by atoms with Crippen molar-refractivity contribution >= 4 is 5.97 Å². The number of carboxylic acid groups (broad SMARTS) is 1. The molecule has 0 heterocycles. The summed E-state index contributed by atoms with van der Waals surface area (Å²) in [5.74, 6) is -1.54. The molecule has 62 valence electrons. The molecule has 0 radical (unpaired) electrons. The van der Waals surface area contributed by atoms with Gasteiger partial charge < -0.3 is 10.8 Å². The molecule has 0 aromatic heterocycles. The molecule has 1 aliphatic carbocycles. The van der Waals surface area contributed by atoms with Crippen molar-refractivity contribution in [1.29, 1.82) is 0 Å². The molecule has 4 heteroatoms. The third kappa shape index (κ3) is 1.57. The van der Waals surface area contributed by atoms with Crippen LogP contribution in [0.4, 0.5) is 4.39 Å². The first-order valence-electron chi connectivity index (χ1n) is 3.41. The fourth-order valence-corrected chi connectivity index (χ4v) is 1.32. The van der Waals surface area contributed by atoms with E-state index in [0.717, 1.165) is 0 Å². The van der Waals surface area contributed by atoms with Crippen LogP contribution in [0.2, 0.25) is 0 Å². The minimum absolute atomic E-state index is 0.257. The predicted molar refractivity (Wildman–Crippen MR) is 37.5 cm³/mol. The Bertz CT molecular complexity index is 203. The standard InChI is InChI=1S/C7H10FNO2/c8-3-4-1-5(7(10)11)6(9)2-4/h3,5-6H,1-2,9H2,(H,10,11). The van der Waals surface area contributed by atoms with Gasteiger partial charge in [0.25, 0.3) is 0 Å². The van der Waals surface area contributed by atoms with Crippen LogP contribution < -0.4 is 5.73 Å². The van der Waals surface area contributed by atoms with Gasteiger partial charge in [0.15, 0.2) is 0 Å². The van der Waals surface area contributed by atoms with Crippen molar-refractivity contribution in [2.45, 2.75) is 18.9 Å². The summed E-state index contributed by atoms with van der Waals surface area (Å²) >= 11 is 0. The Hall–Kier alpha value is -0.900. The lowest BCUT2D eigenvalue weighted by Crippen LogP contribution is -2.30. The zero-order valence-corrected chi connectivity index (χ0v) is 5.96. The molecular formula is C7H10FNO2. The van der Waals surface area contributed by atoms with E-state index >= 15 is 0 Å². The van der Waals surface area contributed by atoms with Crippen molar-refractivity contribution in [3.63, 3.8) is 0 Å². The van der Waals surface area contributed by atoms with Gasteiger partial charge in [0, 0.05) is 6.04 Å². The number of carboxylic acids is 1. The maximum Gasteiger partial charge on any atom is 0.308 e. The zero-order chi connectivity index (χ0) is 8.43. The molecule has 0 spiro atoms. The van der Waals surface area contributed by atoms with Crippen molar-refractivity contribution in [3.8, 4) is 0 Å². The van der Waals surface area contributed by atoms with E-state index in [-0.39, 0.29) is 6.42 Å². The third-order valence-corrected chi connectivity index (χ3v) is 1.97. The van der Waals surface area contributed by atoms with Crippen molar-refractivity contribution in [1.82, 2.24) is 0 Å². The highest BCUT2D eigenvalue weighted by Gasteiger charge is 2.33. The van der Waals surface area contributed by atoms with E-state index < -0.39 is 17.9 Å². The minimum atomic E-state index is -0.936. The minimum Gasteiger partial charge on any atom is -0.481 e. The number of nitrogens with two attached hydrogens (primary N) is 1. The van der Waals surface area contributed by atoms with Crippen LogP contribution in [0.3, 0.4) is 0 Å². The highest BCUT2D eigenvalue weighted by atomic mass is 19.1. The van der Waals surface area contributed by atoms with Gasteiger partial charge in [0.1, 0.15) is 0 Å². The largest absolute Gasteiger partial charge is 0.481 e. The molecule has 0 bridgehead atoms. The van der Waals surface area contributed by atoms with Crippen LogP contribution in [-0.2, 0) is 4.79 Å². The quantitative estimate of drug-likeness (QED) is 0.590. The number of aliphatic carboxylic acids is 1. The molecule has 0 aromatic rings. The van der Waals surface area contributed by atoms with Crippen LogP contribution in [0.15, 0.2) is 11.9 Å². The zero-order valence-electron chi connectivity index (χ0n) is 5.96. The van der Waals surface area contributed by atoms with Crippen LogP contribution in [0, 0.1) is 5.92 Å². The maximum atomic E-state index is 11.9. The van der Waals surface area contributed by atoms with Gasteiger partial charge in [-0.15, -0.1) is 0 Å². The van der Waals surface area contributed by atoms with Gasteiger partial charge >= 0.3 is 5.97 Å². The smallest absolute Gasteiger partial charge is 0.308 e. The van der Waals surface area contributed by atoms with Crippen LogP contribution in [0.1, 0.15) is 12.8 Å². The molecule has 11 heavy (non-hydrogen) atoms. The molecule has 3 N–H and O–H groups in total. The number of hydrogen-bond acceptors (Lipinski definition) is 2. The molecule has 0 amide bonds. The highest BCUT2D eigenvalue weighted by molar-refractivity contribution is 5.72. The first-order valence-corrected chi connectivity index (χ1v) is 3.41. The summed E-state index contributed by atoms with van der Waals surface area (Å²) in [5, 5.41) is 8.57. The van der Waals surface area contributed by atoms with Crippen LogP contribution in [0.5, 0.6) is 0 Å². The number of hydrogen-bond donors (Lipinski definition) is 2. The Labute approximate surface area is 63.7 Å². The van der Waals surface area contributed by atoms with Gasteiger partial charge in [0.2, 0.25) is 0 Å². The number of halogens is 1. The highest BCUT2D eigenvalue weighted by Crippen LogP contribution is 2.29. The van der Waals surface area contributed by atoms with E-state index in [9.17, 15) is 9.18 Å². The summed E-state index contributed by atoms with van der Waals surface area (Å²) in [5.41, 5.74) is 5.96. The van der Waals surface area contributed by atoms with Gasteiger partial charge in [-0.3, -0.25) is 4.79 Å². The van der Waals surface area contributed by atoms with Crippen molar-refractivity contribution in [2.24, 2.45) is 11.7 Å². The van der Waals surface area contributed by atoms with Crippen molar-refractivity contribution < 1.29 is 14.3 Å². The van der Waals surface area contributed by atoms with Gasteiger partial charge in [0.05, 0.1) is 12.2 Å².